The number of amides is 3. The van der Waals surface area contributed by atoms with E-state index in [2.05, 4.69) is 15.2 Å². The van der Waals surface area contributed by atoms with Crippen molar-refractivity contribution in [1.29, 1.82) is 0 Å². The minimum atomic E-state index is -0.0697. The minimum Gasteiger partial charge on any atom is -0.378 e. The molecule has 3 heterocycles. The summed E-state index contributed by atoms with van der Waals surface area (Å²) in [5, 5.41) is 2.97. The Morgan fingerprint density at radius 1 is 1.14 bits per heavy atom. The van der Waals surface area contributed by atoms with Crippen molar-refractivity contribution in [2.75, 3.05) is 62.7 Å². The number of likely N-dealkylation sites (tertiary alicyclic amines) is 1. The lowest BCUT2D eigenvalue weighted by Gasteiger charge is -2.34. The zero-order valence-corrected chi connectivity index (χ0v) is 16.9. The molecule has 0 atom stereocenters. The van der Waals surface area contributed by atoms with Crippen molar-refractivity contribution < 1.29 is 14.3 Å². The average Bonchev–Trinajstić information content (AvgIpc) is 2.76. The number of carbonyl (C=O) groups excluding carboxylic acids is 2. The van der Waals surface area contributed by atoms with E-state index in [1.165, 1.54) is 0 Å². The van der Waals surface area contributed by atoms with E-state index in [0.29, 0.717) is 44.7 Å². The Morgan fingerprint density at radius 2 is 1.82 bits per heavy atom. The first kappa shape index (κ1) is 20.4. The van der Waals surface area contributed by atoms with E-state index < -0.39 is 0 Å². The molecule has 0 spiro atoms. The fraction of sp³-hybridized carbons (Fsp3) is 0.650. The summed E-state index contributed by atoms with van der Waals surface area (Å²) in [7, 11) is 0. The molecular formula is C20H31N5O3. The molecule has 2 aliphatic rings. The van der Waals surface area contributed by atoms with Gasteiger partial charge in [-0.3, -0.25) is 4.79 Å². The summed E-state index contributed by atoms with van der Waals surface area (Å²) in [6, 6.07) is 3.91. The second kappa shape index (κ2) is 9.73. The van der Waals surface area contributed by atoms with Gasteiger partial charge in [0.25, 0.3) is 0 Å². The van der Waals surface area contributed by atoms with E-state index in [1.807, 2.05) is 35.8 Å². The Hall–Kier alpha value is -2.35. The van der Waals surface area contributed by atoms with Crippen LogP contribution in [0.25, 0.3) is 0 Å². The molecule has 2 fully saturated rings. The van der Waals surface area contributed by atoms with Crippen LogP contribution in [0.4, 0.5) is 16.3 Å². The first-order valence-corrected chi connectivity index (χ1v) is 10.3. The van der Waals surface area contributed by atoms with Crippen LogP contribution in [0.5, 0.6) is 0 Å². The van der Waals surface area contributed by atoms with Gasteiger partial charge in [0.2, 0.25) is 5.91 Å². The number of rotatable bonds is 5. The molecule has 0 saturated carbocycles. The fourth-order valence-electron chi connectivity index (χ4n) is 3.71. The van der Waals surface area contributed by atoms with Gasteiger partial charge in [-0.1, -0.05) is 0 Å². The van der Waals surface area contributed by atoms with Crippen molar-refractivity contribution >= 4 is 23.4 Å². The van der Waals surface area contributed by atoms with Crippen LogP contribution in [0.15, 0.2) is 18.3 Å². The van der Waals surface area contributed by atoms with Crippen molar-refractivity contribution in [1.82, 2.24) is 14.8 Å². The Kier molecular flexibility index (Phi) is 7.08. The maximum Gasteiger partial charge on any atom is 0.319 e. The Balaban J connectivity index is 1.48. The number of hydrogen-bond donors (Lipinski definition) is 1. The van der Waals surface area contributed by atoms with E-state index in [9.17, 15) is 9.59 Å². The number of anilines is 2. The van der Waals surface area contributed by atoms with Gasteiger partial charge in [0.05, 0.1) is 25.1 Å². The quantitative estimate of drug-likeness (QED) is 0.834. The number of ether oxygens (including phenoxy) is 1. The van der Waals surface area contributed by atoms with Crippen LogP contribution < -0.4 is 10.2 Å². The van der Waals surface area contributed by atoms with Crippen LogP contribution in [-0.4, -0.2) is 79.2 Å². The molecule has 2 aliphatic heterocycles. The van der Waals surface area contributed by atoms with Crippen molar-refractivity contribution in [2.24, 2.45) is 5.92 Å². The second-order valence-electron chi connectivity index (χ2n) is 7.21. The van der Waals surface area contributed by atoms with Crippen LogP contribution in [0, 0.1) is 5.92 Å². The highest BCUT2D eigenvalue weighted by molar-refractivity contribution is 5.92. The average molecular weight is 390 g/mol. The highest BCUT2D eigenvalue weighted by atomic mass is 16.5. The first-order chi connectivity index (χ1) is 13.6. The van der Waals surface area contributed by atoms with E-state index in [4.69, 9.17) is 4.74 Å². The number of piperidine rings is 1. The monoisotopic (exact) mass is 389 g/mol. The normalized spacial score (nSPS) is 18.1. The highest BCUT2D eigenvalue weighted by Crippen LogP contribution is 2.21. The molecule has 1 aromatic rings. The molecule has 2 saturated heterocycles. The van der Waals surface area contributed by atoms with Gasteiger partial charge in [0.15, 0.2) is 0 Å². The predicted octanol–water partition coefficient (Wildman–Crippen LogP) is 2.03. The summed E-state index contributed by atoms with van der Waals surface area (Å²) in [4.78, 5) is 35.3. The highest BCUT2D eigenvalue weighted by Gasteiger charge is 2.29. The number of urea groups is 1. The summed E-state index contributed by atoms with van der Waals surface area (Å²) >= 11 is 0. The fourth-order valence-corrected chi connectivity index (χ4v) is 3.71. The number of nitrogens with one attached hydrogen (secondary N) is 1. The molecule has 0 unspecified atom stereocenters. The van der Waals surface area contributed by atoms with Crippen LogP contribution in [-0.2, 0) is 9.53 Å². The van der Waals surface area contributed by atoms with Crippen LogP contribution in [0.2, 0.25) is 0 Å². The van der Waals surface area contributed by atoms with Gasteiger partial charge in [-0.15, -0.1) is 0 Å². The summed E-state index contributed by atoms with van der Waals surface area (Å²) in [6.45, 7) is 9.76. The number of morpholine rings is 1. The molecule has 3 rings (SSSR count). The third kappa shape index (κ3) is 4.92. The standard InChI is InChI=1S/C20H31N5O3/c1-3-23(4-2)20(27)25-9-7-16(8-10-25)19(26)22-17-5-6-18(21-15-17)24-11-13-28-14-12-24/h5-6,15-16H,3-4,7-14H2,1-2H3,(H,22,26). The molecule has 0 aromatic carbocycles. The van der Waals surface area contributed by atoms with Crippen LogP contribution >= 0.6 is 0 Å². The third-order valence-electron chi connectivity index (χ3n) is 5.52. The topological polar surface area (TPSA) is 78.0 Å². The largest absolute Gasteiger partial charge is 0.378 e. The predicted molar refractivity (Wildman–Crippen MR) is 109 cm³/mol. The lowest BCUT2D eigenvalue weighted by atomic mass is 9.96. The van der Waals surface area contributed by atoms with Crippen LogP contribution in [0.3, 0.4) is 0 Å². The minimum absolute atomic E-state index is 0.0101. The van der Waals surface area contributed by atoms with Gasteiger partial charge in [0.1, 0.15) is 5.82 Å². The number of carbonyl (C=O) groups is 2. The zero-order chi connectivity index (χ0) is 19.9. The Bertz CT molecular complexity index is 648. The van der Waals surface area contributed by atoms with E-state index >= 15 is 0 Å². The van der Waals surface area contributed by atoms with Gasteiger partial charge >= 0.3 is 6.03 Å². The second-order valence-corrected chi connectivity index (χ2v) is 7.21. The number of hydrogen-bond acceptors (Lipinski definition) is 5. The summed E-state index contributed by atoms with van der Waals surface area (Å²) in [5.41, 5.74) is 0.712. The Morgan fingerprint density at radius 3 is 2.39 bits per heavy atom. The molecule has 1 N–H and O–H groups in total. The van der Waals surface area contributed by atoms with Crippen molar-refractivity contribution in [3.63, 3.8) is 0 Å². The Labute approximate surface area is 166 Å². The third-order valence-corrected chi connectivity index (χ3v) is 5.52. The SMILES string of the molecule is CCN(CC)C(=O)N1CCC(C(=O)Nc2ccc(N3CCOCC3)nc2)CC1. The maximum atomic E-state index is 12.6. The summed E-state index contributed by atoms with van der Waals surface area (Å²) in [5.74, 6) is 0.847. The van der Waals surface area contributed by atoms with Gasteiger partial charge in [-0.05, 0) is 38.8 Å². The molecule has 0 radical (unpaired) electrons. The zero-order valence-electron chi connectivity index (χ0n) is 16.9. The van der Waals surface area contributed by atoms with Crippen molar-refractivity contribution in [3.05, 3.63) is 18.3 Å². The number of aromatic nitrogens is 1. The van der Waals surface area contributed by atoms with Crippen molar-refractivity contribution in [2.45, 2.75) is 26.7 Å². The molecule has 8 nitrogen and oxygen atoms in total. The lowest BCUT2D eigenvalue weighted by Crippen LogP contribution is -2.47. The molecule has 0 aliphatic carbocycles. The van der Waals surface area contributed by atoms with Gasteiger partial charge in [-0.2, -0.15) is 0 Å². The molecular weight excluding hydrogens is 358 g/mol. The summed E-state index contributed by atoms with van der Waals surface area (Å²) in [6.07, 6.45) is 3.10. The van der Waals surface area contributed by atoms with Gasteiger partial charge < -0.3 is 24.8 Å². The number of nitrogens with zero attached hydrogens (tertiary/aromatic N) is 4. The van der Waals surface area contributed by atoms with Crippen molar-refractivity contribution in [3.8, 4) is 0 Å². The van der Waals surface area contributed by atoms with Gasteiger partial charge in [-0.25, -0.2) is 9.78 Å². The molecule has 0 bridgehead atoms. The van der Waals surface area contributed by atoms with E-state index in [0.717, 1.165) is 32.1 Å². The molecule has 1 aromatic heterocycles. The van der Waals surface area contributed by atoms with E-state index in [1.54, 1.807) is 6.20 Å². The first-order valence-electron chi connectivity index (χ1n) is 10.3. The summed E-state index contributed by atoms with van der Waals surface area (Å²) < 4.78 is 5.36. The van der Waals surface area contributed by atoms with Crippen LogP contribution in [0.1, 0.15) is 26.7 Å². The van der Waals surface area contributed by atoms with Gasteiger partial charge in [0, 0.05) is 45.2 Å². The molecule has 154 valence electrons. The molecule has 8 heteroatoms. The molecule has 28 heavy (non-hydrogen) atoms. The maximum absolute atomic E-state index is 12.6. The smallest absolute Gasteiger partial charge is 0.319 e. The van der Waals surface area contributed by atoms with E-state index in [-0.39, 0.29) is 17.9 Å². The molecule has 3 amide bonds. The number of pyridine rings is 1. The lowest BCUT2D eigenvalue weighted by molar-refractivity contribution is -0.121.